The van der Waals surface area contributed by atoms with Crippen LogP contribution in [0.1, 0.15) is 31.1 Å². The lowest BCUT2D eigenvalue weighted by molar-refractivity contribution is -0.116. The largest absolute Gasteiger partial charge is 0.363 e. The highest BCUT2D eigenvalue weighted by Crippen LogP contribution is 2.29. The summed E-state index contributed by atoms with van der Waals surface area (Å²) in [5, 5.41) is 4.79. The molecule has 2 N–H and O–H groups in total. The molecule has 1 aliphatic rings. The summed E-state index contributed by atoms with van der Waals surface area (Å²) in [4.78, 5) is 33.4. The van der Waals surface area contributed by atoms with Crippen molar-refractivity contribution in [2.24, 2.45) is 0 Å². The predicted molar refractivity (Wildman–Crippen MR) is 108 cm³/mol. The van der Waals surface area contributed by atoms with Crippen LogP contribution in [0, 0.1) is 0 Å². The van der Waals surface area contributed by atoms with E-state index in [0.29, 0.717) is 22.9 Å². The third-order valence-corrected chi connectivity index (χ3v) is 5.09. The zero-order chi connectivity index (χ0) is 19.1. The number of hydrogen-bond donors (Lipinski definition) is 2. The summed E-state index contributed by atoms with van der Waals surface area (Å²) in [6.45, 7) is 4.13. The quantitative estimate of drug-likeness (QED) is 0.724. The molecule has 0 unspecified atom stereocenters. The van der Waals surface area contributed by atoms with Gasteiger partial charge in [-0.2, -0.15) is 0 Å². The number of nitrogens with one attached hydrogen (secondary N) is 2. The summed E-state index contributed by atoms with van der Waals surface area (Å²) in [5.41, 5.74) is 2.96. The first-order valence-electron chi connectivity index (χ1n) is 8.79. The Morgan fingerprint density at radius 2 is 2.11 bits per heavy atom. The Bertz CT molecular complexity index is 1110. The molecule has 0 saturated carbocycles. The van der Waals surface area contributed by atoms with Crippen molar-refractivity contribution >= 4 is 39.9 Å². The van der Waals surface area contributed by atoms with Crippen LogP contribution in [0.2, 0.25) is 5.02 Å². The van der Waals surface area contributed by atoms with Gasteiger partial charge in [-0.15, -0.1) is 0 Å². The molecule has 0 saturated heterocycles. The van der Waals surface area contributed by atoms with Gasteiger partial charge in [0.15, 0.2) is 0 Å². The first-order valence-corrected chi connectivity index (χ1v) is 9.17. The Morgan fingerprint density at radius 1 is 1.30 bits per heavy atom. The van der Waals surface area contributed by atoms with E-state index in [1.807, 2.05) is 31.2 Å². The molecule has 27 heavy (non-hydrogen) atoms. The van der Waals surface area contributed by atoms with Gasteiger partial charge in [0.1, 0.15) is 5.82 Å². The predicted octanol–water partition coefficient (Wildman–Crippen LogP) is 3.66. The number of anilines is 2. The molecule has 138 valence electrons. The van der Waals surface area contributed by atoms with Crippen LogP contribution in [0.5, 0.6) is 0 Å². The zero-order valence-corrected chi connectivity index (χ0v) is 15.8. The highest BCUT2D eigenvalue weighted by molar-refractivity contribution is 6.31. The summed E-state index contributed by atoms with van der Waals surface area (Å²) in [7, 11) is 0. The summed E-state index contributed by atoms with van der Waals surface area (Å²) in [6.07, 6.45) is 0.730. The number of aromatic nitrogens is 2. The lowest BCUT2D eigenvalue weighted by Crippen LogP contribution is -2.25. The van der Waals surface area contributed by atoms with Crippen LogP contribution >= 0.6 is 11.6 Å². The average molecular weight is 383 g/mol. The summed E-state index contributed by atoms with van der Waals surface area (Å²) >= 11 is 6.06. The molecule has 2 aromatic heterocycles. The van der Waals surface area contributed by atoms with Crippen LogP contribution in [-0.2, 0) is 11.2 Å². The highest BCUT2D eigenvalue weighted by atomic mass is 35.5. The first-order chi connectivity index (χ1) is 12.9. The number of rotatable bonds is 3. The molecular formula is C20H19ClN4O2. The van der Waals surface area contributed by atoms with E-state index < -0.39 is 0 Å². The Kier molecular flexibility index (Phi) is 4.36. The number of H-pyrrole nitrogens is 1. The summed E-state index contributed by atoms with van der Waals surface area (Å²) < 4.78 is 0. The van der Waals surface area contributed by atoms with Gasteiger partial charge in [0.25, 0.3) is 5.56 Å². The molecule has 1 aromatic carbocycles. The van der Waals surface area contributed by atoms with E-state index in [-0.39, 0.29) is 17.5 Å². The van der Waals surface area contributed by atoms with E-state index in [1.54, 1.807) is 24.0 Å². The molecule has 0 spiro atoms. The van der Waals surface area contributed by atoms with Crippen molar-refractivity contribution in [3.8, 4) is 0 Å². The molecular weight excluding hydrogens is 364 g/mol. The topological polar surface area (TPSA) is 78.1 Å². The SMILES string of the molecule is CC(=O)N1CCc2nc(N[C@@H](C)c3cc4cc(Cl)ccc4[nH]c3=O)ccc21. The van der Waals surface area contributed by atoms with E-state index >= 15 is 0 Å². The number of hydrogen-bond acceptors (Lipinski definition) is 4. The number of benzene rings is 1. The first kappa shape index (κ1) is 17.5. The fourth-order valence-electron chi connectivity index (χ4n) is 3.48. The minimum Gasteiger partial charge on any atom is -0.363 e. The van der Waals surface area contributed by atoms with E-state index in [4.69, 9.17) is 11.6 Å². The third kappa shape index (κ3) is 3.28. The number of amides is 1. The Balaban J connectivity index is 1.62. The Labute approximate surface area is 161 Å². The van der Waals surface area contributed by atoms with Crippen molar-refractivity contribution in [2.75, 3.05) is 16.8 Å². The van der Waals surface area contributed by atoms with E-state index in [1.165, 1.54) is 0 Å². The minimum atomic E-state index is -0.243. The average Bonchev–Trinajstić information content (AvgIpc) is 3.05. The maximum absolute atomic E-state index is 12.5. The number of nitrogens with zero attached hydrogens (tertiary/aromatic N) is 2. The number of carbonyl (C=O) groups is 1. The maximum Gasteiger partial charge on any atom is 0.253 e. The van der Waals surface area contributed by atoms with E-state index in [2.05, 4.69) is 15.3 Å². The summed E-state index contributed by atoms with van der Waals surface area (Å²) in [5.74, 6) is 0.697. The number of fused-ring (bicyclic) bond motifs is 2. The van der Waals surface area contributed by atoms with Crippen LogP contribution in [-0.4, -0.2) is 22.4 Å². The van der Waals surface area contributed by atoms with Crippen LogP contribution in [0.15, 0.2) is 41.2 Å². The standard InChI is InChI=1S/C20H19ClN4O2/c1-11(15-10-13-9-14(21)3-4-16(13)24-20(15)27)22-19-6-5-18-17(23-19)7-8-25(18)12(2)26/h3-6,9-11H,7-8H2,1-2H3,(H,22,23)(H,24,27)/t11-/m0/s1. The molecule has 6 nitrogen and oxygen atoms in total. The van der Waals surface area contributed by atoms with E-state index in [0.717, 1.165) is 28.7 Å². The zero-order valence-electron chi connectivity index (χ0n) is 15.0. The molecule has 1 atom stereocenters. The van der Waals surface area contributed by atoms with Crippen LogP contribution in [0.3, 0.4) is 0 Å². The minimum absolute atomic E-state index is 0.0194. The van der Waals surface area contributed by atoms with Crippen molar-refractivity contribution < 1.29 is 4.79 Å². The number of halogens is 1. The van der Waals surface area contributed by atoms with Crippen molar-refractivity contribution in [2.45, 2.75) is 26.3 Å². The molecule has 7 heteroatoms. The molecule has 1 amide bonds. The Morgan fingerprint density at radius 3 is 2.89 bits per heavy atom. The monoisotopic (exact) mass is 382 g/mol. The third-order valence-electron chi connectivity index (χ3n) is 4.86. The molecule has 0 aliphatic carbocycles. The van der Waals surface area contributed by atoms with Crippen LogP contribution in [0.4, 0.5) is 11.5 Å². The van der Waals surface area contributed by atoms with Gasteiger partial charge < -0.3 is 15.2 Å². The summed E-state index contributed by atoms with van der Waals surface area (Å²) in [6, 6.07) is 10.7. The molecule has 3 heterocycles. The second-order valence-electron chi connectivity index (χ2n) is 6.73. The second kappa shape index (κ2) is 6.70. The number of carbonyl (C=O) groups excluding carboxylic acids is 1. The Hall–Kier alpha value is -2.86. The highest BCUT2D eigenvalue weighted by Gasteiger charge is 2.24. The maximum atomic E-state index is 12.5. The molecule has 0 radical (unpaired) electrons. The van der Waals surface area contributed by atoms with Gasteiger partial charge in [0.05, 0.1) is 17.4 Å². The second-order valence-corrected chi connectivity index (χ2v) is 7.17. The van der Waals surface area contributed by atoms with Gasteiger partial charge in [-0.25, -0.2) is 4.98 Å². The van der Waals surface area contributed by atoms with Gasteiger partial charge in [-0.3, -0.25) is 9.59 Å². The van der Waals surface area contributed by atoms with Gasteiger partial charge in [-0.1, -0.05) is 11.6 Å². The molecule has 3 aromatic rings. The number of aromatic amines is 1. The van der Waals surface area contributed by atoms with Crippen molar-refractivity contribution in [3.63, 3.8) is 0 Å². The van der Waals surface area contributed by atoms with Gasteiger partial charge in [0.2, 0.25) is 5.91 Å². The normalized spacial score (nSPS) is 14.3. The van der Waals surface area contributed by atoms with Gasteiger partial charge in [-0.05, 0) is 43.3 Å². The van der Waals surface area contributed by atoms with Crippen molar-refractivity contribution in [3.05, 3.63) is 63.0 Å². The van der Waals surface area contributed by atoms with Crippen LogP contribution in [0.25, 0.3) is 10.9 Å². The molecule has 0 bridgehead atoms. The lowest BCUT2D eigenvalue weighted by atomic mass is 10.1. The molecule has 4 rings (SSSR count). The van der Waals surface area contributed by atoms with Gasteiger partial charge >= 0.3 is 0 Å². The van der Waals surface area contributed by atoms with E-state index in [9.17, 15) is 9.59 Å². The smallest absolute Gasteiger partial charge is 0.253 e. The van der Waals surface area contributed by atoms with Crippen molar-refractivity contribution in [1.29, 1.82) is 0 Å². The fraction of sp³-hybridized carbons (Fsp3) is 0.250. The lowest BCUT2D eigenvalue weighted by Gasteiger charge is -2.17. The van der Waals surface area contributed by atoms with Crippen LogP contribution < -0.4 is 15.8 Å². The van der Waals surface area contributed by atoms with Crippen molar-refractivity contribution in [1.82, 2.24) is 9.97 Å². The number of pyridine rings is 2. The molecule has 0 fully saturated rings. The fourth-order valence-corrected chi connectivity index (χ4v) is 3.67. The van der Waals surface area contributed by atoms with Gasteiger partial charge in [0, 0.05) is 41.4 Å². The molecule has 1 aliphatic heterocycles.